The van der Waals surface area contributed by atoms with Crippen LogP contribution < -0.4 is 9.64 Å². The van der Waals surface area contributed by atoms with E-state index in [0.717, 1.165) is 19.5 Å². The van der Waals surface area contributed by atoms with Crippen molar-refractivity contribution in [3.05, 3.63) is 90.0 Å². The number of carbonyl (C=O) groups is 1. The second-order valence-corrected chi connectivity index (χ2v) is 7.48. The van der Waals surface area contributed by atoms with E-state index in [2.05, 4.69) is 53.4 Å². The Kier molecular flexibility index (Phi) is 6.18. The third-order valence-corrected chi connectivity index (χ3v) is 5.36. The van der Waals surface area contributed by atoms with Crippen molar-refractivity contribution in [2.24, 2.45) is 0 Å². The van der Waals surface area contributed by atoms with Crippen molar-refractivity contribution in [2.45, 2.75) is 6.42 Å². The van der Waals surface area contributed by atoms with Crippen molar-refractivity contribution in [3.8, 4) is 11.5 Å². The fourth-order valence-electron chi connectivity index (χ4n) is 3.68. The number of amides is 1. The van der Waals surface area contributed by atoms with Crippen LogP contribution in [0.1, 0.15) is 11.1 Å². The Morgan fingerprint density at radius 1 is 0.833 bits per heavy atom. The van der Waals surface area contributed by atoms with Gasteiger partial charge in [-0.1, -0.05) is 48.5 Å². The third-order valence-electron chi connectivity index (χ3n) is 5.36. The highest BCUT2D eigenvalue weighted by Crippen LogP contribution is 2.20. The minimum absolute atomic E-state index is 0.0162. The van der Waals surface area contributed by atoms with Crippen molar-refractivity contribution in [1.29, 1.82) is 0 Å². The highest BCUT2D eigenvalue weighted by Gasteiger charge is 2.21. The maximum absolute atomic E-state index is 12.4. The summed E-state index contributed by atoms with van der Waals surface area (Å²) < 4.78 is 5.51. The van der Waals surface area contributed by atoms with E-state index >= 15 is 0 Å². The van der Waals surface area contributed by atoms with E-state index in [1.54, 1.807) is 18.2 Å². The average Bonchev–Trinajstić information content (AvgIpc) is 2.79. The number of piperazine rings is 1. The highest BCUT2D eigenvalue weighted by atomic mass is 16.5. The summed E-state index contributed by atoms with van der Waals surface area (Å²) in [6, 6.07) is 25.7. The first-order chi connectivity index (χ1) is 14.7. The molecule has 5 heteroatoms. The topological polar surface area (TPSA) is 53.0 Å². The van der Waals surface area contributed by atoms with Gasteiger partial charge in [-0.2, -0.15) is 0 Å². The Morgan fingerprint density at radius 3 is 2.23 bits per heavy atom. The zero-order valence-electron chi connectivity index (χ0n) is 16.9. The van der Waals surface area contributed by atoms with E-state index < -0.39 is 0 Å². The number of benzene rings is 3. The van der Waals surface area contributed by atoms with Gasteiger partial charge in [0.15, 0.2) is 6.61 Å². The smallest absolute Gasteiger partial charge is 0.260 e. The summed E-state index contributed by atoms with van der Waals surface area (Å²) in [6.45, 7) is 2.94. The minimum atomic E-state index is -0.0313. The Balaban J connectivity index is 1.26. The lowest BCUT2D eigenvalue weighted by molar-refractivity contribution is -0.133. The molecule has 154 valence electrons. The number of nitrogens with zero attached hydrogens (tertiary/aromatic N) is 2. The van der Waals surface area contributed by atoms with Crippen molar-refractivity contribution in [3.63, 3.8) is 0 Å². The van der Waals surface area contributed by atoms with E-state index in [1.807, 2.05) is 11.0 Å². The third kappa shape index (κ3) is 5.11. The SMILES string of the molecule is O=C(COc1cccc(O)c1)N1CCN(c2ccc(Cc3ccccc3)cc2)CC1. The number of carbonyl (C=O) groups excluding carboxylic acids is 1. The van der Waals surface area contributed by atoms with Crippen molar-refractivity contribution >= 4 is 11.6 Å². The fourth-order valence-corrected chi connectivity index (χ4v) is 3.68. The number of phenolic OH excluding ortho intramolecular Hbond substituents is 1. The van der Waals surface area contributed by atoms with Gasteiger partial charge in [-0.3, -0.25) is 4.79 Å². The van der Waals surface area contributed by atoms with Gasteiger partial charge in [0.2, 0.25) is 0 Å². The Bertz CT molecular complexity index is 965. The molecule has 1 heterocycles. The van der Waals surface area contributed by atoms with Crippen LogP contribution in [0.4, 0.5) is 5.69 Å². The molecule has 1 amide bonds. The molecule has 0 aliphatic carbocycles. The summed E-state index contributed by atoms with van der Waals surface area (Å²) in [4.78, 5) is 16.6. The van der Waals surface area contributed by atoms with Crippen LogP contribution in [0.3, 0.4) is 0 Å². The molecular formula is C25H26N2O3. The maximum atomic E-state index is 12.4. The molecule has 0 spiro atoms. The Hall–Kier alpha value is -3.47. The maximum Gasteiger partial charge on any atom is 0.260 e. The van der Waals surface area contributed by atoms with E-state index in [1.165, 1.54) is 22.9 Å². The lowest BCUT2D eigenvalue weighted by atomic mass is 10.0. The summed E-state index contributed by atoms with van der Waals surface area (Å²) in [5.41, 5.74) is 3.79. The standard InChI is InChI=1S/C25H26N2O3/c28-23-7-4-8-24(18-23)30-19-25(29)27-15-13-26(14-16-27)22-11-9-21(10-12-22)17-20-5-2-1-3-6-20/h1-12,18,28H,13-17,19H2. The van der Waals surface area contributed by atoms with Gasteiger partial charge in [0.25, 0.3) is 5.91 Å². The van der Waals surface area contributed by atoms with Crippen molar-refractivity contribution in [2.75, 3.05) is 37.7 Å². The van der Waals surface area contributed by atoms with Crippen LogP contribution >= 0.6 is 0 Å². The quantitative estimate of drug-likeness (QED) is 0.683. The molecule has 3 aromatic carbocycles. The summed E-state index contributed by atoms with van der Waals surface area (Å²) in [6.07, 6.45) is 0.933. The second-order valence-electron chi connectivity index (χ2n) is 7.48. The van der Waals surface area contributed by atoms with Crippen LogP contribution in [0.2, 0.25) is 0 Å². The number of hydrogen-bond donors (Lipinski definition) is 1. The molecule has 1 fully saturated rings. The van der Waals surface area contributed by atoms with Crippen LogP contribution in [0.25, 0.3) is 0 Å². The molecule has 0 atom stereocenters. The lowest BCUT2D eigenvalue weighted by Crippen LogP contribution is -2.50. The van der Waals surface area contributed by atoms with Crippen LogP contribution in [0.5, 0.6) is 11.5 Å². The minimum Gasteiger partial charge on any atom is -0.508 e. The van der Waals surface area contributed by atoms with E-state index in [0.29, 0.717) is 18.8 Å². The summed E-state index contributed by atoms with van der Waals surface area (Å²) in [5.74, 6) is 0.595. The summed E-state index contributed by atoms with van der Waals surface area (Å²) in [5, 5.41) is 9.47. The monoisotopic (exact) mass is 402 g/mol. The molecule has 0 unspecified atom stereocenters. The highest BCUT2D eigenvalue weighted by molar-refractivity contribution is 5.78. The molecule has 5 nitrogen and oxygen atoms in total. The van der Waals surface area contributed by atoms with Gasteiger partial charge in [-0.05, 0) is 41.8 Å². The molecule has 1 aliphatic rings. The number of aromatic hydroxyl groups is 1. The number of phenols is 1. The zero-order valence-corrected chi connectivity index (χ0v) is 16.9. The molecule has 4 rings (SSSR count). The molecule has 30 heavy (non-hydrogen) atoms. The van der Waals surface area contributed by atoms with E-state index in [-0.39, 0.29) is 18.3 Å². The van der Waals surface area contributed by atoms with Crippen LogP contribution in [0, 0.1) is 0 Å². The molecule has 0 bridgehead atoms. The molecule has 0 aromatic heterocycles. The fraction of sp³-hybridized carbons (Fsp3) is 0.240. The molecule has 1 aliphatic heterocycles. The molecule has 3 aromatic rings. The largest absolute Gasteiger partial charge is 0.508 e. The van der Waals surface area contributed by atoms with Crippen LogP contribution in [0.15, 0.2) is 78.9 Å². The number of rotatable bonds is 6. The Morgan fingerprint density at radius 2 is 1.53 bits per heavy atom. The molecule has 0 saturated carbocycles. The summed E-state index contributed by atoms with van der Waals surface area (Å²) >= 11 is 0. The predicted octanol–water partition coefficient (Wildman–Crippen LogP) is 3.71. The number of hydrogen-bond acceptors (Lipinski definition) is 4. The molecule has 0 radical (unpaired) electrons. The number of ether oxygens (including phenoxy) is 1. The normalized spacial score (nSPS) is 13.9. The first-order valence-electron chi connectivity index (χ1n) is 10.2. The molecule has 1 N–H and O–H groups in total. The first-order valence-corrected chi connectivity index (χ1v) is 10.2. The molecule has 1 saturated heterocycles. The van der Waals surface area contributed by atoms with Gasteiger partial charge < -0.3 is 19.6 Å². The second kappa shape index (κ2) is 9.35. The number of anilines is 1. The van der Waals surface area contributed by atoms with Gasteiger partial charge in [0.05, 0.1) is 0 Å². The van der Waals surface area contributed by atoms with E-state index in [9.17, 15) is 9.90 Å². The van der Waals surface area contributed by atoms with Gasteiger partial charge in [-0.15, -0.1) is 0 Å². The van der Waals surface area contributed by atoms with Gasteiger partial charge >= 0.3 is 0 Å². The zero-order chi connectivity index (χ0) is 20.8. The van der Waals surface area contributed by atoms with E-state index in [4.69, 9.17) is 4.74 Å². The Labute approximate surface area is 177 Å². The summed E-state index contributed by atoms with van der Waals surface area (Å²) in [7, 11) is 0. The van der Waals surface area contributed by atoms with Gasteiger partial charge in [0.1, 0.15) is 11.5 Å². The van der Waals surface area contributed by atoms with Crippen molar-refractivity contribution in [1.82, 2.24) is 4.90 Å². The first kappa shape index (κ1) is 19.8. The molecular weight excluding hydrogens is 376 g/mol. The van der Waals surface area contributed by atoms with Crippen LogP contribution in [-0.2, 0) is 11.2 Å². The van der Waals surface area contributed by atoms with Crippen molar-refractivity contribution < 1.29 is 14.6 Å². The average molecular weight is 402 g/mol. The predicted molar refractivity (Wildman–Crippen MR) is 118 cm³/mol. The van der Waals surface area contributed by atoms with Gasteiger partial charge in [-0.25, -0.2) is 0 Å². The lowest BCUT2D eigenvalue weighted by Gasteiger charge is -2.36. The van der Waals surface area contributed by atoms with Crippen LogP contribution in [-0.4, -0.2) is 48.7 Å². The van der Waals surface area contributed by atoms with Gasteiger partial charge in [0, 0.05) is 37.9 Å².